The van der Waals surface area contributed by atoms with Crippen LogP contribution >= 0.6 is 0 Å². The molecule has 1 aliphatic heterocycles. The lowest BCUT2D eigenvalue weighted by Crippen LogP contribution is -2.40. The van der Waals surface area contributed by atoms with Gasteiger partial charge in [0.05, 0.1) is 17.6 Å². The summed E-state index contributed by atoms with van der Waals surface area (Å²) in [6, 6.07) is 9.82. The summed E-state index contributed by atoms with van der Waals surface area (Å²) in [6.45, 7) is 1.31. The zero-order valence-electron chi connectivity index (χ0n) is 15.2. The number of aromatic nitrogens is 1. The van der Waals surface area contributed by atoms with Crippen LogP contribution in [0, 0.1) is 0 Å². The van der Waals surface area contributed by atoms with Gasteiger partial charge >= 0.3 is 0 Å². The Bertz CT molecular complexity index is 862. The van der Waals surface area contributed by atoms with Crippen molar-refractivity contribution in [3.63, 3.8) is 0 Å². The second-order valence-corrected chi connectivity index (χ2v) is 8.32. The maximum absolute atomic E-state index is 12.8. The molecule has 27 heavy (non-hydrogen) atoms. The van der Waals surface area contributed by atoms with Crippen LogP contribution in [0.1, 0.15) is 28.8 Å². The molecule has 0 spiro atoms. The number of carbonyl (C=O) groups is 1. The molecule has 7 nitrogen and oxygen atoms in total. The minimum absolute atomic E-state index is 0.0345. The van der Waals surface area contributed by atoms with Gasteiger partial charge in [-0.25, -0.2) is 8.42 Å². The van der Waals surface area contributed by atoms with Gasteiger partial charge in [0.15, 0.2) is 0 Å². The largest absolute Gasteiger partial charge is 0.373 e. The van der Waals surface area contributed by atoms with E-state index in [4.69, 9.17) is 4.74 Å². The molecular weight excluding hydrogens is 366 g/mol. The van der Waals surface area contributed by atoms with E-state index in [1.54, 1.807) is 12.4 Å². The highest BCUT2D eigenvalue weighted by Gasteiger charge is 2.29. The van der Waals surface area contributed by atoms with Crippen molar-refractivity contribution in [2.75, 3.05) is 20.1 Å². The van der Waals surface area contributed by atoms with Crippen molar-refractivity contribution in [3.8, 4) is 0 Å². The first-order chi connectivity index (χ1) is 13.0. The molecule has 1 fully saturated rings. The van der Waals surface area contributed by atoms with Gasteiger partial charge in [0, 0.05) is 38.1 Å². The normalized spacial score (nSPS) is 16.2. The van der Waals surface area contributed by atoms with Gasteiger partial charge in [0.25, 0.3) is 5.91 Å². The quantitative estimate of drug-likeness (QED) is 0.814. The van der Waals surface area contributed by atoms with Crippen LogP contribution in [0.3, 0.4) is 0 Å². The molecule has 1 N–H and O–H groups in total. The number of hydrogen-bond donors (Lipinski definition) is 1. The monoisotopic (exact) mass is 389 g/mol. The first-order valence-corrected chi connectivity index (χ1v) is 10.3. The lowest BCUT2D eigenvalue weighted by molar-refractivity contribution is 0.0101. The minimum Gasteiger partial charge on any atom is -0.373 e. The van der Waals surface area contributed by atoms with Crippen molar-refractivity contribution in [2.24, 2.45) is 0 Å². The number of ether oxygens (including phenoxy) is 1. The van der Waals surface area contributed by atoms with Crippen LogP contribution in [0.4, 0.5) is 0 Å². The number of sulfonamides is 1. The van der Waals surface area contributed by atoms with Crippen molar-refractivity contribution < 1.29 is 17.9 Å². The average molecular weight is 389 g/mol. The molecule has 8 heteroatoms. The number of hydrogen-bond acceptors (Lipinski definition) is 5. The number of pyridine rings is 1. The molecule has 2 aromatic rings. The molecule has 0 radical (unpaired) electrons. The second kappa shape index (κ2) is 8.60. The zero-order valence-corrected chi connectivity index (χ0v) is 16.0. The van der Waals surface area contributed by atoms with E-state index in [9.17, 15) is 13.2 Å². The number of amides is 1. The Balaban J connectivity index is 1.57. The fraction of sp³-hybridized carbons (Fsp3) is 0.368. The summed E-state index contributed by atoms with van der Waals surface area (Å²) in [5.41, 5.74) is 1.43. The molecule has 0 saturated carbocycles. The van der Waals surface area contributed by atoms with Gasteiger partial charge < -0.3 is 10.1 Å². The topological polar surface area (TPSA) is 88.6 Å². The van der Waals surface area contributed by atoms with Crippen molar-refractivity contribution in [1.82, 2.24) is 14.6 Å². The number of nitrogens with zero attached hydrogens (tertiary/aromatic N) is 2. The van der Waals surface area contributed by atoms with Crippen LogP contribution in [0.15, 0.2) is 53.7 Å². The Morgan fingerprint density at radius 3 is 2.52 bits per heavy atom. The summed E-state index contributed by atoms with van der Waals surface area (Å²) >= 11 is 0. The molecule has 1 aromatic heterocycles. The van der Waals surface area contributed by atoms with E-state index in [0.29, 0.717) is 38.1 Å². The van der Waals surface area contributed by atoms with Crippen molar-refractivity contribution in [1.29, 1.82) is 0 Å². The molecule has 1 saturated heterocycles. The number of nitrogens with one attached hydrogen (secondary N) is 1. The summed E-state index contributed by atoms with van der Waals surface area (Å²) in [4.78, 5) is 15.8. The number of piperidine rings is 1. The van der Waals surface area contributed by atoms with Gasteiger partial charge in [-0.2, -0.15) is 4.31 Å². The van der Waals surface area contributed by atoms with Crippen LogP contribution < -0.4 is 5.32 Å². The van der Waals surface area contributed by atoms with E-state index >= 15 is 0 Å². The standard InChI is InChI=1S/C19H23N3O4S/c1-20-19(23)16-4-6-18(7-5-16)27(24,25)22-11-8-17(9-12-22)26-14-15-3-2-10-21-13-15/h2-7,10,13,17H,8-9,11-12,14H2,1H3,(H,20,23). The summed E-state index contributed by atoms with van der Waals surface area (Å²) < 4.78 is 33.0. The molecule has 1 aromatic carbocycles. The highest BCUT2D eigenvalue weighted by molar-refractivity contribution is 7.89. The molecule has 0 unspecified atom stereocenters. The van der Waals surface area contributed by atoms with Crippen molar-refractivity contribution >= 4 is 15.9 Å². The first-order valence-electron chi connectivity index (χ1n) is 8.83. The fourth-order valence-corrected chi connectivity index (χ4v) is 4.48. The van der Waals surface area contributed by atoms with E-state index in [0.717, 1.165) is 5.56 Å². The van der Waals surface area contributed by atoms with Crippen LogP contribution in [0.5, 0.6) is 0 Å². The molecule has 1 aliphatic rings. The highest BCUT2D eigenvalue weighted by Crippen LogP contribution is 2.23. The van der Waals surface area contributed by atoms with Gasteiger partial charge in [-0.05, 0) is 48.7 Å². The van der Waals surface area contributed by atoms with Crippen LogP contribution in [0.25, 0.3) is 0 Å². The van der Waals surface area contributed by atoms with E-state index < -0.39 is 10.0 Å². The smallest absolute Gasteiger partial charge is 0.251 e. The number of benzene rings is 1. The van der Waals surface area contributed by atoms with Crippen molar-refractivity contribution in [3.05, 3.63) is 59.9 Å². The van der Waals surface area contributed by atoms with Crippen LogP contribution in [-0.4, -0.2) is 49.9 Å². The predicted octanol–water partition coefficient (Wildman–Crippen LogP) is 1.81. The molecule has 0 aliphatic carbocycles. The average Bonchev–Trinajstić information content (AvgIpc) is 2.73. The Morgan fingerprint density at radius 2 is 1.93 bits per heavy atom. The second-order valence-electron chi connectivity index (χ2n) is 6.38. The lowest BCUT2D eigenvalue weighted by Gasteiger charge is -2.31. The van der Waals surface area contributed by atoms with Crippen LogP contribution in [0.2, 0.25) is 0 Å². The maximum Gasteiger partial charge on any atom is 0.251 e. The van der Waals surface area contributed by atoms with Crippen molar-refractivity contribution in [2.45, 2.75) is 30.4 Å². The maximum atomic E-state index is 12.8. The van der Waals surface area contributed by atoms with E-state index in [2.05, 4.69) is 10.3 Å². The molecule has 0 atom stereocenters. The molecule has 0 bridgehead atoms. The van der Waals surface area contributed by atoms with Gasteiger partial charge in [-0.1, -0.05) is 6.07 Å². The van der Waals surface area contributed by atoms with Gasteiger partial charge in [-0.15, -0.1) is 0 Å². The molecular formula is C19H23N3O4S. The molecule has 3 rings (SSSR count). The summed E-state index contributed by atoms with van der Waals surface area (Å²) in [6.07, 6.45) is 4.81. The Labute approximate surface area is 159 Å². The third-order valence-electron chi connectivity index (χ3n) is 4.59. The SMILES string of the molecule is CNC(=O)c1ccc(S(=O)(=O)N2CCC(OCc3cccnc3)CC2)cc1. The van der Waals surface area contributed by atoms with Gasteiger partial charge in [0.2, 0.25) is 10.0 Å². The number of rotatable bonds is 6. The van der Waals surface area contributed by atoms with E-state index in [1.807, 2.05) is 12.1 Å². The number of carbonyl (C=O) groups excluding carboxylic acids is 1. The predicted molar refractivity (Wildman–Crippen MR) is 101 cm³/mol. The molecule has 144 valence electrons. The summed E-state index contributed by atoms with van der Waals surface area (Å²) in [5, 5.41) is 2.51. The highest BCUT2D eigenvalue weighted by atomic mass is 32.2. The van der Waals surface area contributed by atoms with E-state index in [-0.39, 0.29) is 16.9 Å². The third kappa shape index (κ3) is 4.71. The molecule has 1 amide bonds. The first kappa shape index (κ1) is 19.5. The lowest BCUT2D eigenvalue weighted by atomic mass is 10.1. The van der Waals surface area contributed by atoms with Gasteiger partial charge in [0.1, 0.15) is 0 Å². The Hall–Kier alpha value is -2.29. The molecule has 2 heterocycles. The Morgan fingerprint density at radius 1 is 1.22 bits per heavy atom. The third-order valence-corrected chi connectivity index (χ3v) is 6.50. The summed E-state index contributed by atoms with van der Waals surface area (Å²) in [7, 11) is -2.03. The Kier molecular flexibility index (Phi) is 6.20. The minimum atomic E-state index is -3.57. The summed E-state index contributed by atoms with van der Waals surface area (Å²) in [5.74, 6) is -0.245. The fourth-order valence-electron chi connectivity index (χ4n) is 3.01. The van der Waals surface area contributed by atoms with Crippen LogP contribution in [-0.2, 0) is 21.4 Å². The van der Waals surface area contributed by atoms with E-state index in [1.165, 1.54) is 35.6 Å². The van der Waals surface area contributed by atoms with Gasteiger partial charge in [-0.3, -0.25) is 9.78 Å². The zero-order chi connectivity index (χ0) is 19.3.